The Bertz CT molecular complexity index is 352. The van der Waals surface area contributed by atoms with Crippen LogP contribution in [0.3, 0.4) is 0 Å². The molecular formula is C15H26N2O2. The number of hydrogen-bond donors (Lipinski definition) is 1. The quantitative estimate of drug-likeness (QED) is 0.782. The predicted octanol–water partition coefficient (Wildman–Crippen LogP) is 2.05. The van der Waals surface area contributed by atoms with E-state index in [1.54, 1.807) is 7.11 Å². The molecule has 0 saturated carbocycles. The van der Waals surface area contributed by atoms with Crippen molar-refractivity contribution >= 4 is 0 Å². The maximum Gasteiger partial charge on any atom is 0.119 e. The Kier molecular flexibility index (Phi) is 6.84. The van der Waals surface area contributed by atoms with E-state index in [0.29, 0.717) is 0 Å². The van der Waals surface area contributed by atoms with Gasteiger partial charge in [0.2, 0.25) is 0 Å². The van der Waals surface area contributed by atoms with E-state index in [4.69, 9.17) is 15.2 Å². The molecule has 0 spiro atoms. The van der Waals surface area contributed by atoms with Gasteiger partial charge in [-0.1, -0.05) is 12.1 Å². The molecule has 0 amide bonds. The van der Waals surface area contributed by atoms with Crippen molar-refractivity contribution in [2.75, 3.05) is 33.9 Å². The van der Waals surface area contributed by atoms with Crippen LogP contribution in [0.5, 0.6) is 5.75 Å². The van der Waals surface area contributed by atoms with Crippen molar-refractivity contribution in [3.05, 3.63) is 29.8 Å². The zero-order valence-electron chi connectivity index (χ0n) is 12.4. The van der Waals surface area contributed by atoms with Gasteiger partial charge in [-0.3, -0.25) is 0 Å². The maximum absolute atomic E-state index is 6.20. The first-order chi connectivity index (χ1) is 9.02. The summed E-state index contributed by atoms with van der Waals surface area (Å²) < 4.78 is 10.7. The van der Waals surface area contributed by atoms with Crippen LogP contribution >= 0.6 is 0 Å². The summed E-state index contributed by atoms with van der Waals surface area (Å²) in [6, 6.07) is 8.03. The molecule has 0 fully saturated rings. The average molecular weight is 266 g/mol. The topological polar surface area (TPSA) is 47.7 Å². The SMILES string of the molecule is COCCN(C)CC(N)c1ccc(OC(C)C)cc1. The summed E-state index contributed by atoms with van der Waals surface area (Å²) >= 11 is 0. The van der Waals surface area contributed by atoms with Gasteiger partial charge in [0.1, 0.15) is 5.75 Å². The smallest absolute Gasteiger partial charge is 0.119 e. The van der Waals surface area contributed by atoms with E-state index in [-0.39, 0.29) is 12.1 Å². The molecule has 2 N–H and O–H groups in total. The molecule has 0 saturated heterocycles. The molecular weight excluding hydrogens is 240 g/mol. The molecule has 0 aliphatic heterocycles. The van der Waals surface area contributed by atoms with Crippen LogP contribution in [-0.2, 0) is 4.74 Å². The number of nitrogens with zero attached hydrogens (tertiary/aromatic N) is 1. The van der Waals surface area contributed by atoms with Gasteiger partial charge in [-0.25, -0.2) is 0 Å². The minimum atomic E-state index is 0.00922. The number of ether oxygens (including phenoxy) is 2. The molecule has 1 aromatic carbocycles. The summed E-state index contributed by atoms with van der Waals surface area (Å²) in [4.78, 5) is 2.17. The molecule has 108 valence electrons. The number of likely N-dealkylation sites (N-methyl/N-ethyl adjacent to an activating group) is 1. The highest BCUT2D eigenvalue weighted by Gasteiger charge is 2.09. The summed E-state index contributed by atoms with van der Waals surface area (Å²) in [5.41, 5.74) is 7.32. The summed E-state index contributed by atoms with van der Waals surface area (Å²) in [5, 5.41) is 0. The van der Waals surface area contributed by atoms with E-state index >= 15 is 0 Å². The van der Waals surface area contributed by atoms with Crippen LogP contribution in [0.1, 0.15) is 25.5 Å². The normalized spacial score (nSPS) is 13.0. The van der Waals surface area contributed by atoms with Crippen molar-refractivity contribution in [3.8, 4) is 5.75 Å². The van der Waals surface area contributed by atoms with Crippen LogP contribution in [0.4, 0.5) is 0 Å². The van der Waals surface area contributed by atoms with E-state index in [1.807, 2.05) is 38.1 Å². The van der Waals surface area contributed by atoms with Crippen molar-refractivity contribution in [3.63, 3.8) is 0 Å². The van der Waals surface area contributed by atoms with Crippen molar-refractivity contribution < 1.29 is 9.47 Å². The molecule has 0 aliphatic carbocycles. The highest BCUT2D eigenvalue weighted by Crippen LogP contribution is 2.18. The highest BCUT2D eigenvalue weighted by molar-refractivity contribution is 5.29. The van der Waals surface area contributed by atoms with E-state index in [0.717, 1.165) is 31.0 Å². The van der Waals surface area contributed by atoms with Crippen LogP contribution < -0.4 is 10.5 Å². The van der Waals surface area contributed by atoms with Gasteiger partial charge in [-0.05, 0) is 38.6 Å². The van der Waals surface area contributed by atoms with Crippen molar-refractivity contribution in [2.24, 2.45) is 5.73 Å². The number of hydrogen-bond acceptors (Lipinski definition) is 4. The largest absolute Gasteiger partial charge is 0.491 e. The molecule has 1 aromatic rings. The lowest BCUT2D eigenvalue weighted by atomic mass is 10.1. The van der Waals surface area contributed by atoms with Gasteiger partial charge >= 0.3 is 0 Å². The second-order valence-corrected chi connectivity index (χ2v) is 5.10. The van der Waals surface area contributed by atoms with Gasteiger partial charge in [0.15, 0.2) is 0 Å². The first-order valence-electron chi connectivity index (χ1n) is 6.72. The molecule has 0 aliphatic rings. The molecule has 1 unspecified atom stereocenters. The van der Waals surface area contributed by atoms with Gasteiger partial charge in [0.05, 0.1) is 12.7 Å². The van der Waals surface area contributed by atoms with Crippen LogP contribution in [-0.4, -0.2) is 44.9 Å². The minimum absolute atomic E-state index is 0.00922. The Balaban J connectivity index is 2.50. The van der Waals surface area contributed by atoms with E-state index in [2.05, 4.69) is 11.9 Å². The Morgan fingerprint density at radius 3 is 2.37 bits per heavy atom. The predicted molar refractivity (Wildman–Crippen MR) is 78.5 cm³/mol. The molecule has 1 rings (SSSR count). The number of rotatable bonds is 8. The zero-order valence-corrected chi connectivity index (χ0v) is 12.4. The number of methoxy groups -OCH3 is 1. The van der Waals surface area contributed by atoms with Gasteiger partial charge in [0.25, 0.3) is 0 Å². The maximum atomic E-state index is 6.20. The van der Waals surface area contributed by atoms with Crippen LogP contribution in [0.15, 0.2) is 24.3 Å². The molecule has 0 bridgehead atoms. The minimum Gasteiger partial charge on any atom is -0.491 e. The second kappa shape index (κ2) is 8.15. The third-order valence-corrected chi connectivity index (χ3v) is 2.87. The monoisotopic (exact) mass is 266 g/mol. The van der Waals surface area contributed by atoms with Crippen LogP contribution in [0.2, 0.25) is 0 Å². The van der Waals surface area contributed by atoms with Crippen molar-refractivity contribution in [1.82, 2.24) is 4.90 Å². The molecule has 4 nitrogen and oxygen atoms in total. The second-order valence-electron chi connectivity index (χ2n) is 5.10. The van der Waals surface area contributed by atoms with Crippen molar-refractivity contribution in [1.29, 1.82) is 0 Å². The molecule has 4 heteroatoms. The standard InChI is InChI=1S/C15H26N2O2/c1-12(2)19-14-7-5-13(6-8-14)15(16)11-17(3)9-10-18-4/h5-8,12,15H,9-11,16H2,1-4H3. The average Bonchev–Trinajstić information content (AvgIpc) is 2.36. The fourth-order valence-electron chi connectivity index (χ4n) is 1.85. The van der Waals surface area contributed by atoms with Gasteiger partial charge in [0, 0.05) is 26.2 Å². The molecule has 19 heavy (non-hydrogen) atoms. The fourth-order valence-corrected chi connectivity index (χ4v) is 1.85. The lowest BCUT2D eigenvalue weighted by Crippen LogP contribution is -2.31. The summed E-state index contributed by atoms with van der Waals surface area (Å²) in [6.07, 6.45) is 0.194. The zero-order chi connectivity index (χ0) is 14.3. The third kappa shape index (κ3) is 6.05. The van der Waals surface area contributed by atoms with Gasteiger partial charge in [-0.15, -0.1) is 0 Å². The summed E-state index contributed by atoms with van der Waals surface area (Å²) in [7, 11) is 3.76. The lowest BCUT2D eigenvalue weighted by Gasteiger charge is -2.21. The summed E-state index contributed by atoms with van der Waals surface area (Å²) in [6.45, 7) is 6.46. The van der Waals surface area contributed by atoms with Gasteiger partial charge < -0.3 is 20.1 Å². The molecule has 1 atom stereocenters. The van der Waals surface area contributed by atoms with E-state index in [1.165, 1.54) is 0 Å². The highest BCUT2D eigenvalue weighted by atomic mass is 16.5. The van der Waals surface area contributed by atoms with E-state index in [9.17, 15) is 0 Å². The molecule has 0 heterocycles. The van der Waals surface area contributed by atoms with Crippen LogP contribution in [0.25, 0.3) is 0 Å². The van der Waals surface area contributed by atoms with Gasteiger partial charge in [-0.2, -0.15) is 0 Å². The van der Waals surface area contributed by atoms with E-state index < -0.39 is 0 Å². The number of nitrogens with two attached hydrogens (primary N) is 1. The van der Waals surface area contributed by atoms with Crippen LogP contribution in [0, 0.1) is 0 Å². The first kappa shape index (κ1) is 16.0. The Morgan fingerprint density at radius 1 is 1.21 bits per heavy atom. The molecule has 0 aromatic heterocycles. The fraction of sp³-hybridized carbons (Fsp3) is 0.600. The Morgan fingerprint density at radius 2 is 1.84 bits per heavy atom. The third-order valence-electron chi connectivity index (χ3n) is 2.87. The Labute approximate surface area is 116 Å². The number of benzene rings is 1. The molecule has 0 radical (unpaired) electrons. The van der Waals surface area contributed by atoms with Crippen molar-refractivity contribution in [2.45, 2.75) is 26.0 Å². The summed E-state index contributed by atoms with van der Waals surface area (Å²) in [5.74, 6) is 0.888. The Hall–Kier alpha value is -1.10. The lowest BCUT2D eigenvalue weighted by molar-refractivity contribution is 0.158. The first-order valence-corrected chi connectivity index (χ1v) is 6.72.